The molecule has 0 bridgehead atoms. The van der Waals surface area contributed by atoms with Crippen molar-refractivity contribution in [2.45, 2.75) is 13.8 Å². The summed E-state index contributed by atoms with van der Waals surface area (Å²) in [6, 6.07) is 14.4. The molecule has 2 aromatic carbocycles. The molecule has 0 radical (unpaired) electrons. The van der Waals surface area contributed by atoms with E-state index in [1.807, 2.05) is 38.1 Å². The highest BCUT2D eigenvalue weighted by Crippen LogP contribution is 2.35. The Morgan fingerprint density at radius 2 is 1.86 bits per heavy atom. The number of nitrogens with zero attached hydrogens (tertiary/aromatic N) is 2. The summed E-state index contributed by atoms with van der Waals surface area (Å²) < 4.78 is 11.5. The smallest absolute Gasteiger partial charge is 0.266 e. The van der Waals surface area contributed by atoms with Crippen LogP contribution in [0.5, 0.6) is 11.5 Å². The largest absolute Gasteiger partial charge is 0.490 e. The second-order valence-corrected chi connectivity index (χ2v) is 6.54. The maximum atomic E-state index is 12.5. The standard InChI is InChI=1S/C21H18BrN3O3/c1-3-27-19-11-15(18(22)12-20(19)28-9-8-23)10-16(13-24)21(26)25-17-6-4-14(2)5-7-17/h4-7,10-12H,3,9H2,1-2H3,(H,25,26)/b16-10+. The van der Waals surface area contributed by atoms with Crippen LogP contribution in [-0.2, 0) is 4.79 Å². The first-order chi connectivity index (χ1) is 13.5. The van der Waals surface area contributed by atoms with Gasteiger partial charge in [-0.25, -0.2) is 0 Å². The summed E-state index contributed by atoms with van der Waals surface area (Å²) in [4.78, 5) is 12.5. The van der Waals surface area contributed by atoms with Gasteiger partial charge in [0.15, 0.2) is 18.1 Å². The highest BCUT2D eigenvalue weighted by molar-refractivity contribution is 9.10. The first kappa shape index (κ1) is 21.0. The molecule has 0 atom stereocenters. The number of carbonyl (C=O) groups is 1. The van der Waals surface area contributed by atoms with Crippen LogP contribution in [0.1, 0.15) is 18.1 Å². The van der Waals surface area contributed by atoms with Crippen LogP contribution >= 0.6 is 15.9 Å². The van der Waals surface area contributed by atoms with Crippen molar-refractivity contribution in [3.8, 4) is 23.6 Å². The zero-order valence-electron chi connectivity index (χ0n) is 15.5. The maximum absolute atomic E-state index is 12.5. The molecule has 0 saturated carbocycles. The van der Waals surface area contributed by atoms with Gasteiger partial charge in [0, 0.05) is 10.2 Å². The van der Waals surface area contributed by atoms with Gasteiger partial charge in [0.1, 0.15) is 17.7 Å². The summed E-state index contributed by atoms with van der Waals surface area (Å²) in [5.74, 6) is 0.305. The van der Waals surface area contributed by atoms with Crippen LogP contribution < -0.4 is 14.8 Å². The van der Waals surface area contributed by atoms with Gasteiger partial charge in [-0.15, -0.1) is 0 Å². The third-order valence-corrected chi connectivity index (χ3v) is 4.32. The van der Waals surface area contributed by atoms with Crippen molar-refractivity contribution in [3.05, 3.63) is 57.6 Å². The number of ether oxygens (including phenoxy) is 2. The summed E-state index contributed by atoms with van der Waals surface area (Å²) >= 11 is 3.40. The van der Waals surface area contributed by atoms with E-state index in [0.717, 1.165) is 5.56 Å². The molecule has 1 amide bonds. The second kappa shape index (κ2) is 10.1. The van der Waals surface area contributed by atoms with E-state index in [0.29, 0.717) is 33.8 Å². The minimum absolute atomic E-state index is 0.0607. The lowest BCUT2D eigenvalue weighted by Gasteiger charge is -2.12. The number of benzene rings is 2. The molecule has 1 N–H and O–H groups in total. The van der Waals surface area contributed by atoms with Crippen molar-refractivity contribution in [1.82, 2.24) is 0 Å². The third-order valence-electron chi connectivity index (χ3n) is 3.63. The lowest BCUT2D eigenvalue weighted by Crippen LogP contribution is -2.13. The molecule has 0 unspecified atom stereocenters. The van der Waals surface area contributed by atoms with E-state index in [9.17, 15) is 10.1 Å². The van der Waals surface area contributed by atoms with Crippen molar-refractivity contribution in [2.75, 3.05) is 18.5 Å². The van der Waals surface area contributed by atoms with Gasteiger partial charge < -0.3 is 14.8 Å². The highest BCUT2D eigenvalue weighted by atomic mass is 79.9. The van der Waals surface area contributed by atoms with Gasteiger partial charge >= 0.3 is 0 Å². The fraction of sp³-hybridized carbons (Fsp3) is 0.190. The Morgan fingerprint density at radius 3 is 2.46 bits per heavy atom. The first-order valence-electron chi connectivity index (χ1n) is 8.44. The fourth-order valence-electron chi connectivity index (χ4n) is 2.29. The van der Waals surface area contributed by atoms with Gasteiger partial charge in [-0.3, -0.25) is 4.79 Å². The number of rotatable bonds is 7. The van der Waals surface area contributed by atoms with Gasteiger partial charge in [0.05, 0.1) is 6.61 Å². The summed E-state index contributed by atoms with van der Waals surface area (Å²) in [7, 11) is 0. The van der Waals surface area contributed by atoms with Crippen LogP contribution in [0.4, 0.5) is 5.69 Å². The maximum Gasteiger partial charge on any atom is 0.266 e. The van der Waals surface area contributed by atoms with E-state index in [-0.39, 0.29) is 12.2 Å². The van der Waals surface area contributed by atoms with E-state index in [2.05, 4.69) is 21.2 Å². The molecule has 0 spiro atoms. The Morgan fingerprint density at radius 1 is 1.18 bits per heavy atom. The minimum atomic E-state index is -0.513. The summed E-state index contributed by atoms with van der Waals surface area (Å²) in [6.45, 7) is 4.04. The van der Waals surface area contributed by atoms with Crippen molar-refractivity contribution < 1.29 is 14.3 Å². The molecule has 28 heavy (non-hydrogen) atoms. The molecule has 0 aromatic heterocycles. The van der Waals surface area contributed by atoms with Gasteiger partial charge in [0.2, 0.25) is 0 Å². The Labute approximate surface area is 172 Å². The van der Waals surface area contributed by atoms with Gasteiger partial charge in [0.25, 0.3) is 5.91 Å². The Bertz CT molecular complexity index is 970. The summed E-state index contributed by atoms with van der Waals surface area (Å²) in [5.41, 5.74) is 2.18. The predicted octanol–water partition coefficient (Wildman–Crippen LogP) is 4.60. The minimum Gasteiger partial charge on any atom is -0.490 e. The van der Waals surface area contributed by atoms with E-state index < -0.39 is 5.91 Å². The van der Waals surface area contributed by atoms with Crippen LogP contribution in [0.15, 0.2) is 46.4 Å². The second-order valence-electron chi connectivity index (χ2n) is 5.69. The number of amides is 1. The average Bonchev–Trinajstić information content (AvgIpc) is 2.68. The molecule has 6 nitrogen and oxygen atoms in total. The molecule has 0 aliphatic rings. The van der Waals surface area contributed by atoms with E-state index in [4.69, 9.17) is 14.7 Å². The normalized spacial score (nSPS) is 10.5. The molecule has 142 valence electrons. The number of halogens is 1. The number of hydrogen-bond acceptors (Lipinski definition) is 5. The summed E-state index contributed by atoms with van der Waals surface area (Å²) in [5, 5.41) is 20.8. The molecular formula is C21H18BrN3O3. The predicted molar refractivity (Wildman–Crippen MR) is 110 cm³/mol. The van der Waals surface area contributed by atoms with Crippen molar-refractivity contribution >= 4 is 33.6 Å². The van der Waals surface area contributed by atoms with Crippen LogP contribution in [0.25, 0.3) is 6.08 Å². The molecule has 2 rings (SSSR count). The zero-order chi connectivity index (χ0) is 20.5. The van der Waals surface area contributed by atoms with E-state index in [1.165, 1.54) is 6.08 Å². The van der Waals surface area contributed by atoms with Crippen LogP contribution in [-0.4, -0.2) is 19.1 Å². The van der Waals surface area contributed by atoms with Gasteiger partial charge in [-0.05, 0) is 49.8 Å². The lowest BCUT2D eigenvalue weighted by molar-refractivity contribution is -0.112. The van der Waals surface area contributed by atoms with Crippen molar-refractivity contribution in [2.24, 2.45) is 0 Å². The van der Waals surface area contributed by atoms with Crippen molar-refractivity contribution in [3.63, 3.8) is 0 Å². The van der Waals surface area contributed by atoms with Gasteiger partial charge in [-0.1, -0.05) is 33.6 Å². The molecule has 7 heteroatoms. The third kappa shape index (κ3) is 5.60. The molecule has 0 fully saturated rings. The van der Waals surface area contributed by atoms with E-state index >= 15 is 0 Å². The van der Waals surface area contributed by atoms with Gasteiger partial charge in [-0.2, -0.15) is 10.5 Å². The number of carbonyl (C=O) groups excluding carboxylic acids is 1. The number of nitriles is 2. The Kier molecular flexibility index (Phi) is 7.62. The van der Waals surface area contributed by atoms with Crippen LogP contribution in [0.2, 0.25) is 0 Å². The number of aryl methyl sites for hydroxylation is 1. The fourth-order valence-corrected chi connectivity index (χ4v) is 2.73. The van der Waals surface area contributed by atoms with E-state index in [1.54, 1.807) is 24.3 Å². The number of nitrogens with one attached hydrogen (secondary N) is 1. The van der Waals surface area contributed by atoms with Crippen LogP contribution in [0.3, 0.4) is 0 Å². The Hall–Kier alpha value is -3.29. The Balaban J connectivity index is 2.32. The summed E-state index contributed by atoms with van der Waals surface area (Å²) in [6.07, 6.45) is 1.46. The lowest BCUT2D eigenvalue weighted by atomic mass is 10.1. The molecule has 0 saturated heterocycles. The molecular weight excluding hydrogens is 422 g/mol. The number of hydrogen-bond donors (Lipinski definition) is 1. The highest BCUT2D eigenvalue weighted by Gasteiger charge is 2.14. The van der Waals surface area contributed by atoms with Crippen molar-refractivity contribution in [1.29, 1.82) is 10.5 Å². The quantitative estimate of drug-likeness (QED) is 0.502. The average molecular weight is 440 g/mol. The molecule has 2 aromatic rings. The SMILES string of the molecule is CCOc1cc(/C=C(\C#N)C(=O)Nc2ccc(C)cc2)c(Br)cc1OCC#N. The molecule has 0 aliphatic carbocycles. The monoisotopic (exact) mass is 439 g/mol. The number of anilines is 1. The topological polar surface area (TPSA) is 95.1 Å². The molecule has 0 heterocycles. The zero-order valence-corrected chi connectivity index (χ0v) is 17.0. The van der Waals surface area contributed by atoms with Crippen LogP contribution in [0, 0.1) is 29.6 Å². The first-order valence-corrected chi connectivity index (χ1v) is 9.23. The molecule has 0 aliphatic heterocycles.